The van der Waals surface area contributed by atoms with Crippen LogP contribution in [0.2, 0.25) is 0 Å². The van der Waals surface area contributed by atoms with Crippen LogP contribution in [0.4, 0.5) is 10.2 Å². The van der Waals surface area contributed by atoms with E-state index in [9.17, 15) is 4.39 Å². The first kappa shape index (κ1) is 11.9. The van der Waals surface area contributed by atoms with Gasteiger partial charge in [0.05, 0.1) is 11.0 Å². The van der Waals surface area contributed by atoms with E-state index in [1.165, 1.54) is 23.9 Å². The molecule has 0 aliphatic heterocycles. The molecule has 3 aromatic rings. The Labute approximate surface area is 113 Å². The molecule has 0 aliphatic rings. The molecule has 0 aliphatic carbocycles. The highest BCUT2D eigenvalue weighted by atomic mass is 32.2. The van der Waals surface area contributed by atoms with Crippen LogP contribution >= 0.6 is 11.8 Å². The largest absolute Gasteiger partial charge is 0.381 e. The molecular weight excluding hydrogens is 261 g/mol. The maximum atomic E-state index is 12.9. The Morgan fingerprint density at radius 3 is 2.21 bits per heavy atom. The lowest BCUT2D eigenvalue weighted by atomic mass is 10.3. The van der Waals surface area contributed by atoms with Gasteiger partial charge in [0, 0.05) is 4.90 Å². The predicted molar refractivity (Wildman–Crippen MR) is 74.5 cm³/mol. The molecule has 0 fully saturated rings. The van der Waals surface area contributed by atoms with Gasteiger partial charge in [0.1, 0.15) is 10.8 Å². The predicted octanol–water partition coefficient (Wildman–Crippen LogP) is 3.50. The van der Waals surface area contributed by atoms with Gasteiger partial charge in [0.25, 0.3) is 0 Å². The van der Waals surface area contributed by atoms with E-state index >= 15 is 0 Å². The quantitative estimate of drug-likeness (QED) is 0.775. The Morgan fingerprint density at radius 2 is 1.53 bits per heavy atom. The second-order valence-electron chi connectivity index (χ2n) is 3.96. The van der Waals surface area contributed by atoms with Gasteiger partial charge < -0.3 is 5.73 Å². The number of halogens is 1. The monoisotopic (exact) mass is 271 g/mol. The van der Waals surface area contributed by atoms with Gasteiger partial charge in [-0.2, -0.15) is 0 Å². The van der Waals surface area contributed by atoms with Gasteiger partial charge in [0.2, 0.25) is 0 Å². The minimum Gasteiger partial charge on any atom is -0.381 e. The van der Waals surface area contributed by atoms with Crippen molar-refractivity contribution in [2.24, 2.45) is 0 Å². The average Bonchev–Trinajstić information content (AvgIpc) is 2.42. The van der Waals surface area contributed by atoms with Crippen molar-refractivity contribution in [3.8, 4) is 0 Å². The van der Waals surface area contributed by atoms with Crippen molar-refractivity contribution in [1.29, 1.82) is 0 Å². The topological polar surface area (TPSA) is 51.8 Å². The van der Waals surface area contributed by atoms with Gasteiger partial charge in [0.15, 0.2) is 5.82 Å². The average molecular weight is 271 g/mol. The fourth-order valence-corrected chi connectivity index (χ4v) is 2.48. The van der Waals surface area contributed by atoms with E-state index in [0.29, 0.717) is 10.8 Å². The van der Waals surface area contributed by atoms with Crippen molar-refractivity contribution >= 4 is 28.6 Å². The summed E-state index contributed by atoms with van der Waals surface area (Å²) in [4.78, 5) is 9.66. The zero-order chi connectivity index (χ0) is 13.2. The molecule has 0 bridgehead atoms. The Hall–Kier alpha value is -2.14. The van der Waals surface area contributed by atoms with E-state index in [4.69, 9.17) is 5.73 Å². The summed E-state index contributed by atoms with van der Waals surface area (Å²) in [6.07, 6.45) is 0. The Bertz CT molecular complexity index is 728. The van der Waals surface area contributed by atoms with Crippen LogP contribution in [-0.4, -0.2) is 9.97 Å². The molecule has 3 nitrogen and oxygen atoms in total. The Balaban J connectivity index is 2.00. The number of aromatic nitrogens is 2. The highest BCUT2D eigenvalue weighted by Crippen LogP contribution is 2.30. The number of fused-ring (bicyclic) bond motifs is 1. The number of hydrogen-bond acceptors (Lipinski definition) is 4. The minimum absolute atomic E-state index is 0.262. The van der Waals surface area contributed by atoms with Crippen LogP contribution in [0.25, 0.3) is 11.0 Å². The van der Waals surface area contributed by atoms with Crippen molar-refractivity contribution in [3.05, 3.63) is 54.3 Å². The number of para-hydroxylation sites is 2. The molecule has 0 saturated carbocycles. The molecule has 0 spiro atoms. The molecule has 0 unspecified atom stereocenters. The molecule has 0 atom stereocenters. The van der Waals surface area contributed by atoms with E-state index in [1.54, 1.807) is 12.1 Å². The van der Waals surface area contributed by atoms with Gasteiger partial charge in [-0.1, -0.05) is 23.9 Å². The van der Waals surface area contributed by atoms with Crippen LogP contribution in [0, 0.1) is 5.82 Å². The molecular formula is C14H10FN3S. The van der Waals surface area contributed by atoms with Gasteiger partial charge in [-0.05, 0) is 36.4 Å². The lowest BCUT2D eigenvalue weighted by Gasteiger charge is -2.05. The van der Waals surface area contributed by atoms with Gasteiger partial charge in [-0.15, -0.1) is 0 Å². The third kappa shape index (κ3) is 2.51. The zero-order valence-electron chi connectivity index (χ0n) is 9.88. The molecule has 1 aromatic heterocycles. The molecule has 1 heterocycles. The number of nitrogens with two attached hydrogens (primary N) is 1. The highest BCUT2D eigenvalue weighted by molar-refractivity contribution is 7.99. The van der Waals surface area contributed by atoms with Crippen LogP contribution in [0.5, 0.6) is 0 Å². The van der Waals surface area contributed by atoms with Crippen LogP contribution in [-0.2, 0) is 0 Å². The first-order valence-electron chi connectivity index (χ1n) is 5.68. The maximum absolute atomic E-state index is 12.9. The molecule has 2 aromatic carbocycles. The molecule has 5 heteroatoms. The fourth-order valence-electron chi connectivity index (χ4n) is 1.69. The van der Waals surface area contributed by atoms with E-state index in [1.807, 2.05) is 24.3 Å². The smallest absolute Gasteiger partial charge is 0.157 e. The van der Waals surface area contributed by atoms with Crippen molar-refractivity contribution in [1.82, 2.24) is 9.97 Å². The summed E-state index contributed by atoms with van der Waals surface area (Å²) in [5.74, 6) is 0.120. The van der Waals surface area contributed by atoms with E-state index < -0.39 is 0 Å². The molecule has 2 N–H and O–H groups in total. The number of anilines is 1. The first-order chi connectivity index (χ1) is 9.22. The summed E-state index contributed by atoms with van der Waals surface area (Å²) in [5, 5.41) is 0.630. The summed E-state index contributed by atoms with van der Waals surface area (Å²) in [7, 11) is 0. The summed E-state index contributed by atoms with van der Waals surface area (Å²) in [6, 6.07) is 13.7. The van der Waals surface area contributed by atoms with Crippen LogP contribution in [0.15, 0.2) is 58.5 Å². The molecule has 0 saturated heterocycles. The van der Waals surface area contributed by atoms with Gasteiger partial charge >= 0.3 is 0 Å². The standard InChI is InChI=1S/C14H10FN3S/c15-9-5-7-10(8-6-9)19-14-13(16)17-11-3-1-2-4-12(11)18-14/h1-8H,(H2,16,17). The summed E-state index contributed by atoms with van der Waals surface area (Å²) in [6.45, 7) is 0. The molecule has 0 radical (unpaired) electrons. The van der Waals surface area contributed by atoms with E-state index in [0.717, 1.165) is 15.9 Å². The van der Waals surface area contributed by atoms with Crippen LogP contribution in [0.3, 0.4) is 0 Å². The SMILES string of the molecule is Nc1nc2ccccc2nc1Sc1ccc(F)cc1. The number of nitrogens with zero attached hydrogens (tertiary/aromatic N) is 2. The Morgan fingerprint density at radius 1 is 0.895 bits per heavy atom. The number of rotatable bonds is 2. The third-order valence-corrected chi connectivity index (χ3v) is 3.59. The fraction of sp³-hybridized carbons (Fsp3) is 0. The second kappa shape index (κ2) is 4.85. The van der Waals surface area contributed by atoms with Crippen LogP contribution in [0.1, 0.15) is 0 Å². The van der Waals surface area contributed by atoms with Crippen molar-refractivity contribution < 1.29 is 4.39 Å². The zero-order valence-corrected chi connectivity index (χ0v) is 10.7. The van der Waals surface area contributed by atoms with Gasteiger partial charge in [-0.3, -0.25) is 0 Å². The number of benzene rings is 2. The summed E-state index contributed by atoms with van der Waals surface area (Å²) < 4.78 is 12.9. The van der Waals surface area contributed by atoms with Crippen molar-refractivity contribution in [2.75, 3.05) is 5.73 Å². The Kier molecular flexibility index (Phi) is 3.05. The number of nitrogen functional groups attached to an aromatic ring is 1. The van der Waals surface area contributed by atoms with Crippen molar-refractivity contribution in [2.45, 2.75) is 9.92 Å². The lowest BCUT2D eigenvalue weighted by molar-refractivity contribution is 0.626. The van der Waals surface area contributed by atoms with Gasteiger partial charge in [-0.25, -0.2) is 14.4 Å². The van der Waals surface area contributed by atoms with Crippen molar-refractivity contribution in [3.63, 3.8) is 0 Å². The van der Waals surface area contributed by atoms with Crippen LogP contribution < -0.4 is 5.73 Å². The lowest BCUT2D eigenvalue weighted by Crippen LogP contribution is -1.97. The minimum atomic E-state index is -0.262. The van der Waals surface area contributed by atoms with E-state index in [-0.39, 0.29) is 5.82 Å². The second-order valence-corrected chi connectivity index (χ2v) is 5.02. The summed E-state index contributed by atoms with van der Waals surface area (Å²) in [5.41, 5.74) is 7.46. The third-order valence-electron chi connectivity index (χ3n) is 2.59. The number of hydrogen-bond donors (Lipinski definition) is 1. The molecule has 3 rings (SSSR count). The highest BCUT2D eigenvalue weighted by Gasteiger charge is 2.07. The first-order valence-corrected chi connectivity index (χ1v) is 6.50. The molecule has 0 amide bonds. The van der Waals surface area contributed by atoms with E-state index in [2.05, 4.69) is 9.97 Å². The maximum Gasteiger partial charge on any atom is 0.157 e. The summed E-state index contributed by atoms with van der Waals surface area (Å²) >= 11 is 1.37. The molecule has 19 heavy (non-hydrogen) atoms. The normalized spacial score (nSPS) is 10.8. The molecule has 94 valence electrons.